The average molecular weight is 291 g/mol. The van der Waals surface area contributed by atoms with Crippen molar-refractivity contribution in [1.29, 1.82) is 0 Å². The van der Waals surface area contributed by atoms with Gasteiger partial charge in [-0.15, -0.1) is 11.3 Å². The zero-order valence-corrected chi connectivity index (χ0v) is 11.5. The number of nitrogens with zero attached hydrogens (tertiary/aromatic N) is 1. The minimum absolute atomic E-state index is 0.130. The zero-order valence-electron chi connectivity index (χ0n) is 10.7. The summed E-state index contributed by atoms with van der Waals surface area (Å²) in [6, 6.07) is 4.18. The number of thiazole rings is 1. The number of carbonyl (C=O) groups excluding carboxylic acids is 1. The Bertz CT molecular complexity index is 626. The predicted octanol–water partition coefficient (Wildman–Crippen LogP) is 2.47. The number of benzene rings is 1. The van der Waals surface area contributed by atoms with E-state index in [1.54, 1.807) is 18.5 Å². The Labute approximate surface area is 119 Å². The number of urea groups is 1. The molecule has 104 valence electrons. The Kier molecular flexibility index (Phi) is 4.31. The number of aromatic carboxylic acids is 1. The normalized spacial score (nSPS) is 10.1. The van der Waals surface area contributed by atoms with E-state index in [0.29, 0.717) is 12.2 Å². The predicted molar refractivity (Wildman–Crippen MR) is 76.1 cm³/mol. The van der Waals surface area contributed by atoms with Crippen molar-refractivity contribution in [2.45, 2.75) is 13.5 Å². The molecule has 0 saturated carbocycles. The van der Waals surface area contributed by atoms with Crippen LogP contribution in [0.5, 0.6) is 0 Å². The lowest BCUT2D eigenvalue weighted by Gasteiger charge is -2.10. The summed E-state index contributed by atoms with van der Waals surface area (Å²) >= 11 is 1.45. The van der Waals surface area contributed by atoms with Crippen LogP contribution >= 0.6 is 11.3 Å². The number of anilines is 1. The van der Waals surface area contributed by atoms with Crippen LogP contribution < -0.4 is 10.6 Å². The molecule has 2 rings (SSSR count). The zero-order chi connectivity index (χ0) is 14.5. The van der Waals surface area contributed by atoms with E-state index in [1.807, 2.05) is 5.38 Å². The average Bonchev–Trinajstić information content (AvgIpc) is 2.92. The number of carbonyl (C=O) groups is 2. The van der Waals surface area contributed by atoms with Crippen molar-refractivity contribution in [3.63, 3.8) is 0 Å². The first kappa shape index (κ1) is 14.0. The van der Waals surface area contributed by atoms with Crippen LogP contribution in [0.4, 0.5) is 10.5 Å². The van der Waals surface area contributed by atoms with Gasteiger partial charge in [-0.25, -0.2) is 14.6 Å². The number of hydrogen-bond acceptors (Lipinski definition) is 4. The third kappa shape index (κ3) is 3.55. The van der Waals surface area contributed by atoms with Crippen LogP contribution in [0.3, 0.4) is 0 Å². The van der Waals surface area contributed by atoms with Gasteiger partial charge >= 0.3 is 12.0 Å². The largest absolute Gasteiger partial charge is 0.478 e. The molecule has 2 amide bonds. The number of carboxylic acids is 1. The molecule has 1 heterocycles. The monoisotopic (exact) mass is 291 g/mol. The molecule has 0 aliphatic heterocycles. The van der Waals surface area contributed by atoms with Crippen molar-refractivity contribution in [2.75, 3.05) is 5.32 Å². The summed E-state index contributed by atoms with van der Waals surface area (Å²) in [5, 5.41) is 16.1. The lowest BCUT2D eigenvalue weighted by atomic mass is 10.1. The summed E-state index contributed by atoms with van der Waals surface area (Å²) < 4.78 is 0. The fourth-order valence-corrected chi connectivity index (χ4v) is 2.11. The van der Waals surface area contributed by atoms with Gasteiger partial charge in [0, 0.05) is 11.1 Å². The molecule has 3 N–H and O–H groups in total. The van der Waals surface area contributed by atoms with Gasteiger partial charge in [-0.05, 0) is 24.6 Å². The lowest BCUT2D eigenvalue weighted by molar-refractivity contribution is 0.0697. The van der Waals surface area contributed by atoms with Crippen LogP contribution in [-0.2, 0) is 6.54 Å². The second-order valence-electron chi connectivity index (χ2n) is 4.12. The van der Waals surface area contributed by atoms with Gasteiger partial charge < -0.3 is 15.7 Å². The molecule has 0 aliphatic rings. The number of rotatable bonds is 4. The molecule has 6 nitrogen and oxygen atoms in total. The maximum absolute atomic E-state index is 11.7. The smallest absolute Gasteiger partial charge is 0.335 e. The molecule has 2 aromatic rings. The number of carboxylic acid groups (broad SMARTS) is 1. The molecule has 0 spiro atoms. The van der Waals surface area contributed by atoms with Gasteiger partial charge in [-0.2, -0.15) is 0 Å². The molecule has 0 radical (unpaired) electrons. The van der Waals surface area contributed by atoms with Gasteiger partial charge in [-0.1, -0.05) is 6.07 Å². The van der Waals surface area contributed by atoms with E-state index in [2.05, 4.69) is 15.6 Å². The van der Waals surface area contributed by atoms with Crippen LogP contribution in [0.15, 0.2) is 29.1 Å². The third-order valence-corrected chi connectivity index (χ3v) is 3.28. The molecule has 0 atom stereocenters. The van der Waals surface area contributed by atoms with Crippen molar-refractivity contribution in [2.24, 2.45) is 0 Å². The van der Waals surface area contributed by atoms with Gasteiger partial charge in [0.2, 0.25) is 0 Å². The van der Waals surface area contributed by atoms with Crippen LogP contribution in [0.25, 0.3) is 0 Å². The van der Waals surface area contributed by atoms with Crippen LogP contribution in [0.1, 0.15) is 21.6 Å². The first-order valence-electron chi connectivity index (χ1n) is 5.82. The van der Waals surface area contributed by atoms with E-state index in [4.69, 9.17) is 5.11 Å². The standard InChI is InChI=1S/C13H13N3O3S/c1-8-2-3-9(12(17)18)4-11(8)16-13(19)14-5-10-6-20-7-15-10/h2-4,6-7H,5H2,1H3,(H,17,18)(H2,14,16,19). The third-order valence-electron chi connectivity index (χ3n) is 2.65. The van der Waals surface area contributed by atoms with E-state index in [0.717, 1.165) is 11.3 Å². The second kappa shape index (κ2) is 6.16. The fraction of sp³-hybridized carbons (Fsp3) is 0.154. The van der Waals surface area contributed by atoms with Gasteiger partial charge in [0.25, 0.3) is 0 Å². The van der Waals surface area contributed by atoms with Crippen molar-refractivity contribution in [3.05, 3.63) is 45.9 Å². The molecule has 20 heavy (non-hydrogen) atoms. The quantitative estimate of drug-likeness (QED) is 0.807. The summed E-state index contributed by atoms with van der Waals surface area (Å²) in [6.07, 6.45) is 0. The molecule has 1 aromatic carbocycles. The van der Waals surface area contributed by atoms with E-state index in [-0.39, 0.29) is 5.56 Å². The van der Waals surface area contributed by atoms with Gasteiger partial charge in [0.15, 0.2) is 0 Å². The van der Waals surface area contributed by atoms with Gasteiger partial charge in [0.05, 0.1) is 23.3 Å². The lowest BCUT2D eigenvalue weighted by Crippen LogP contribution is -2.28. The minimum atomic E-state index is -1.03. The highest BCUT2D eigenvalue weighted by molar-refractivity contribution is 7.07. The van der Waals surface area contributed by atoms with E-state index in [1.165, 1.54) is 23.5 Å². The van der Waals surface area contributed by atoms with Gasteiger partial charge in [0.1, 0.15) is 0 Å². The number of hydrogen-bond donors (Lipinski definition) is 3. The molecule has 0 aliphatic carbocycles. The topological polar surface area (TPSA) is 91.3 Å². The Balaban J connectivity index is 2.00. The van der Waals surface area contributed by atoms with Crippen molar-refractivity contribution in [3.8, 4) is 0 Å². The van der Waals surface area contributed by atoms with E-state index < -0.39 is 12.0 Å². The first-order chi connectivity index (χ1) is 9.56. The maximum atomic E-state index is 11.7. The van der Waals surface area contributed by atoms with Crippen molar-refractivity contribution < 1.29 is 14.7 Å². The highest BCUT2D eigenvalue weighted by Crippen LogP contribution is 2.16. The Morgan fingerprint density at radius 3 is 2.85 bits per heavy atom. The SMILES string of the molecule is Cc1ccc(C(=O)O)cc1NC(=O)NCc1cscn1. The molecule has 0 bridgehead atoms. The molecular formula is C13H13N3O3S. The highest BCUT2D eigenvalue weighted by atomic mass is 32.1. The van der Waals surface area contributed by atoms with Crippen molar-refractivity contribution >= 4 is 29.0 Å². The summed E-state index contributed by atoms with van der Waals surface area (Å²) in [7, 11) is 0. The highest BCUT2D eigenvalue weighted by Gasteiger charge is 2.09. The molecule has 1 aromatic heterocycles. The molecule has 0 unspecified atom stereocenters. The summed E-state index contributed by atoms with van der Waals surface area (Å²) in [4.78, 5) is 26.7. The first-order valence-corrected chi connectivity index (χ1v) is 6.76. The Morgan fingerprint density at radius 1 is 1.40 bits per heavy atom. The van der Waals surface area contributed by atoms with E-state index >= 15 is 0 Å². The van der Waals surface area contributed by atoms with Gasteiger partial charge in [-0.3, -0.25) is 0 Å². The molecular weight excluding hydrogens is 278 g/mol. The Morgan fingerprint density at radius 2 is 2.20 bits per heavy atom. The minimum Gasteiger partial charge on any atom is -0.478 e. The van der Waals surface area contributed by atoms with Crippen LogP contribution in [0, 0.1) is 6.92 Å². The number of nitrogens with one attached hydrogen (secondary N) is 2. The van der Waals surface area contributed by atoms with Crippen LogP contribution in [-0.4, -0.2) is 22.1 Å². The Hall–Kier alpha value is -2.41. The van der Waals surface area contributed by atoms with Crippen LogP contribution in [0.2, 0.25) is 0 Å². The van der Waals surface area contributed by atoms with E-state index in [9.17, 15) is 9.59 Å². The molecule has 0 fully saturated rings. The molecule has 0 saturated heterocycles. The maximum Gasteiger partial charge on any atom is 0.335 e. The second-order valence-corrected chi connectivity index (χ2v) is 4.84. The summed E-state index contributed by atoms with van der Waals surface area (Å²) in [5.74, 6) is -1.03. The number of aryl methyl sites for hydroxylation is 1. The molecule has 7 heteroatoms. The van der Waals surface area contributed by atoms with Crippen molar-refractivity contribution in [1.82, 2.24) is 10.3 Å². The number of amides is 2. The summed E-state index contributed by atoms with van der Waals surface area (Å²) in [6.45, 7) is 2.12. The summed E-state index contributed by atoms with van der Waals surface area (Å²) in [5.41, 5.74) is 3.86. The fourth-order valence-electron chi connectivity index (χ4n) is 1.55. The number of aromatic nitrogens is 1.